The lowest BCUT2D eigenvalue weighted by molar-refractivity contribution is -0.144. The SMILES string of the molecule is CCCCN(CCCC)C(=O)CN1C[C@H](c2ccc3c(c2)CCO3)[C@@H](C(=O)O)[C@@H]1CCOc1ccccc1OC.CC[C@H]1[C@H](C(=O)O)[C@@H](c2ccc(OC)cc2)CN1C.CC[C@H]1[C@H](C(=O)O)[C@@H](c2ccc(OC)cc2)CN1C.CC[C@H]1[C@H](C(=O)O)[C@@H](c2ccc(OC)cc2)CN1C.COc1ccccc1.COc1ccccc1.COc1ccccc1. The van der Waals surface area contributed by atoms with Crippen LogP contribution in [0.25, 0.3) is 0 Å². The lowest BCUT2D eigenvalue weighted by atomic mass is 9.83. The molecule has 656 valence electrons. The van der Waals surface area contributed by atoms with Crippen LogP contribution < -0.4 is 42.6 Å². The Morgan fingerprint density at radius 3 is 1.03 bits per heavy atom. The number of carbonyl (C=O) groups is 5. The fourth-order valence-electron chi connectivity index (χ4n) is 17.2. The first-order valence-electron chi connectivity index (χ1n) is 42.2. The van der Waals surface area contributed by atoms with E-state index in [1.165, 1.54) is 0 Å². The molecule has 8 aromatic rings. The van der Waals surface area contributed by atoms with Crippen LogP contribution >= 0.6 is 0 Å². The van der Waals surface area contributed by atoms with Crippen molar-refractivity contribution in [1.82, 2.24) is 24.5 Å². The second-order valence-corrected chi connectivity index (χ2v) is 30.8. The van der Waals surface area contributed by atoms with Crippen molar-refractivity contribution in [2.24, 2.45) is 23.7 Å². The molecule has 5 heterocycles. The molecule has 12 atom stereocenters. The molecule has 5 aliphatic rings. The van der Waals surface area contributed by atoms with E-state index in [1.54, 1.807) is 49.8 Å². The van der Waals surface area contributed by atoms with E-state index in [0.29, 0.717) is 37.7 Å². The second-order valence-electron chi connectivity index (χ2n) is 30.8. The zero-order valence-electron chi connectivity index (χ0n) is 73.5. The Labute approximate surface area is 717 Å². The Hall–Kier alpha value is -10.9. The Morgan fingerprint density at radius 1 is 0.388 bits per heavy atom. The van der Waals surface area contributed by atoms with E-state index in [0.717, 1.165) is 152 Å². The van der Waals surface area contributed by atoms with E-state index < -0.39 is 29.8 Å². The van der Waals surface area contributed by atoms with Gasteiger partial charge in [0.05, 0.1) is 93.2 Å². The van der Waals surface area contributed by atoms with Crippen molar-refractivity contribution in [2.45, 2.75) is 140 Å². The predicted molar refractivity (Wildman–Crippen MR) is 474 cm³/mol. The Kier molecular flexibility index (Phi) is 41.0. The molecule has 0 saturated carbocycles. The number of hydrogen-bond donors (Lipinski definition) is 4. The number of carbonyl (C=O) groups excluding carboxylic acids is 1. The van der Waals surface area contributed by atoms with E-state index in [-0.39, 0.29) is 78.0 Å². The van der Waals surface area contributed by atoms with Gasteiger partial charge in [-0.15, -0.1) is 0 Å². The molecule has 1 amide bonds. The zero-order chi connectivity index (χ0) is 87.9. The summed E-state index contributed by atoms with van der Waals surface area (Å²) in [6.07, 6.45) is 7.86. The molecule has 13 rings (SSSR count). The summed E-state index contributed by atoms with van der Waals surface area (Å²) in [5.74, 6) is 2.69. The van der Waals surface area contributed by atoms with Gasteiger partial charge in [-0.1, -0.05) is 163 Å². The molecule has 4 saturated heterocycles. The third kappa shape index (κ3) is 28.1. The van der Waals surface area contributed by atoms with Gasteiger partial charge in [0.15, 0.2) is 11.5 Å². The number of benzene rings is 8. The number of carboxylic acids is 4. The number of unbranched alkanes of at least 4 members (excludes halogenated alkanes) is 2. The van der Waals surface area contributed by atoms with Crippen LogP contribution in [-0.4, -0.2) is 229 Å². The van der Waals surface area contributed by atoms with E-state index in [1.807, 2.05) is 247 Å². The lowest BCUT2D eigenvalue weighted by Crippen LogP contribution is -2.45. The highest BCUT2D eigenvalue weighted by molar-refractivity contribution is 5.79. The number of likely N-dealkylation sites (N-methyl/N-ethyl adjacent to an activating group) is 3. The molecule has 4 N–H and O–H groups in total. The third-order valence-electron chi connectivity index (χ3n) is 23.5. The first-order chi connectivity index (χ1) is 58.5. The molecule has 23 nitrogen and oxygen atoms in total. The maximum atomic E-state index is 13.6. The molecule has 0 bridgehead atoms. The fourth-order valence-corrected chi connectivity index (χ4v) is 17.2. The van der Waals surface area contributed by atoms with E-state index in [9.17, 15) is 44.4 Å². The number of nitrogens with zero attached hydrogens (tertiary/aromatic N) is 5. The summed E-state index contributed by atoms with van der Waals surface area (Å²) >= 11 is 0. The molecule has 5 aliphatic heterocycles. The van der Waals surface area contributed by atoms with Crippen LogP contribution in [0.1, 0.15) is 137 Å². The summed E-state index contributed by atoms with van der Waals surface area (Å²) in [5, 5.41) is 39.0. The van der Waals surface area contributed by atoms with Crippen LogP contribution in [0.5, 0.6) is 51.7 Å². The first-order valence-corrected chi connectivity index (χ1v) is 42.2. The largest absolute Gasteiger partial charge is 0.497 e. The third-order valence-corrected chi connectivity index (χ3v) is 23.5. The van der Waals surface area contributed by atoms with Crippen molar-refractivity contribution < 1.29 is 87.0 Å². The quantitative estimate of drug-likeness (QED) is 0.0326. The number of fused-ring (bicyclic) bond motifs is 1. The number of amides is 1. The Balaban J connectivity index is 0.000000211. The van der Waals surface area contributed by atoms with E-state index in [4.69, 9.17) is 42.6 Å². The molecule has 4 fully saturated rings. The number of likely N-dealkylation sites (tertiary alicyclic amines) is 4. The number of ether oxygens (including phenoxy) is 9. The molecular weight excluding hydrogens is 1540 g/mol. The smallest absolute Gasteiger partial charge is 0.308 e. The van der Waals surface area contributed by atoms with Gasteiger partial charge < -0.3 is 82.7 Å². The first kappa shape index (κ1) is 97.3. The molecule has 0 radical (unpaired) electrons. The van der Waals surface area contributed by atoms with Crippen molar-refractivity contribution in [3.05, 3.63) is 234 Å². The molecule has 0 unspecified atom stereocenters. The van der Waals surface area contributed by atoms with Gasteiger partial charge >= 0.3 is 23.9 Å². The summed E-state index contributed by atoms with van der Waals surface area (Å²) in [5.41, 5.74) is 5.36. The van der Waals surface area contributed by atoms with Crippen LogP contribution in [0, 0.1) is 23.7 Å². The number of hydrogen-bond acceptors (Lipinski definition) is 18. The van der Waals surface area contributed by atoms with Crippen LogP contribution in [0.3, 0.4) is 0 Å². The normalized spacial score (nSPS) is 21.3. The minimum absolute atomic E-state index is 0.0540. The molecule has 23 heteroatoms. The monoisotopic (exact) mass is 1670 g/mol. The number of rotatable bonds is 30. The van der Waals surface area contributed by atoms with Gasteiger partial charge in [0.2, 0.25) is 5.91 Å². The average Bonchev–Trinajstić information content (AvgIpc) is 1.65. The summed E-state index contributed by atoms with van der Waals surface area (Å²) in [4.78, 5) is 71.6. The molecule has 0 spiro atoms. The van der Waals surface area contributed by atoms with E-state index in [2.05, 4.69) is 39.5 Å². The van der Waals surface area contributed by atoms with Crippen molar-refractivity contribution in [2.75, 3.05) is 130 Å². The standard InChI is InChI=1S/C32H44N2O6.3C15H21NO3.3C7H8O/c1-4-6-16-33(17-7-5-2)30(35)22-34-21-25(23-12-13-27-24(20-23)14-18-39-27)31(32(36)37)26(34)15-19-40-29-11-9-8-10-28(29)38-3;3*1-4-13-14(15(17)18)12(9-16(13)2)10-5-7-11(19-3)8-6-10;3*1-8-7-5-3-2-4-6-7/h8-13,20,25-26,31H,4-7,14-19,21-22H2,1-3H3,(H,36,37);3*5-8,12-14H,4,9H2,1-3H3,(H,17,18);3*2-6H,1H3/t25-,26+,31-;3*12-,13+,14-;;;/m1111.../s1. The topological polar surface area (TPSA) is 266 Å². The van der Waals surface area contributed by atoms with Crippen molar-refractivity contribution >= 4 is 29.8 Å². The van der Waals surface area contributed by atoms with Gasteiger partial charge in [0.1, 0.15) is 40.2 Å². The molecular formula is C98H131N5O18. The Bertz CT molecular complexity index is 4030. The van der Waals surface area contributed by atoms with Gasteiger partial charge in [-0.05, 0) is 178 Å². The second kappa shape index (κ2) is 51.0. The maximum Gasteiger partial charge on any atom is 0.308 e. The number of carboxylic acid groups (broad SMARTS) is 4. The average molecular weight is 1670 g/mol. The summed E-state index contributed by atoms with van der Waals surface area (Å²) in [6, 6.07) is 65.8. The van der Waals surface area contributed by atoms with Crippen LogP contribution in [-0.2, 0) is 30.4 Å². The van der Waals surface area contributed by atoms with Crippen molar-refractivity contribution in [3.63, 3.8) is 0 Å². The maximum absolute atomic E-state index is 13.6. The predicted octanol–water partition coefficient (Wildman–Crippen LogP) is 16.7. The van der Waals surface area contributed by atoms with E-state index >= 15 is 0 Å². The van der Waals surface area contributed by atoms with Gasteiger partial charge in [-0.25, -0.2) is 0 Å². The Morgan fingerprint density at radius 2 is 0.711 bits per heavy atom. The number of methoxy groups -OCH3 is 7. The van der Waals surface area contributed by atoms with Crippen molar-refractivity contribution in [3.8, 4) is 51.7 Å². The highest BCUT2D eigenvalue weighted by atomic mass is 16.5. The molecule has 0 aliphatic carbocycles. The highest BCUT2D eigenvalue weighted by Crippen LogP contribution is 2.44. The van der Waals surface area contributed by atoms with Gasteiger partial charge in [-0.3, -0.25) is 28.9 Å². The summed E-state index contributed by atoms with van der Waals surface area (Å²) < 4.78 is 47.3. The molecule has 121 heavy (non-hydrogen) atoms. The van der Waals surface area contributed by atoms with Gasteiger partial charge in [-0.2, -0.15) is 0 Å². The summed E-state index contributed by atoms with van der Waals surface area (Å²) in [6.45, 7) is 16.0. The lowest BCUT2D eigenvalue weighted by Gasteiger charge is -2.29. The van der Waals surface area contributed by atoms with Crippen LogP contribution in [0.2, 0.25) is 0 Å². The zero-order valence-corrected chi connectivity index (χ0v) is 73.5. The van der Waals surface area contributed by atoms with Crippen molar-refractivity contribution in [1.29, 1.82) is 0 Å². The highest BCUT2D eigenvalue weighted by Gasteiger charge is 2.49. The molecule has 8 aromatic carbocycles. The number of para-hydroxylation sites is 5. The van der Waals surface area contributed by atoms with Gasteiger partial charge in [0.25, 0.3) is 0 Å². The minimum atomic E-state index is -0.840. The van der Waals surface area contributed by atoms with Gasteiger partial charge in [0, 0.05) is 93.5 Å². The minimum Gasteiger partial charge on any atom is -0.497 e. The number of aliphatic carboxylic acids is 4. The van der Waals surface area contributed by atoms with Crippen LogP contribution in [0.4, 0.5) is 0 Å². The fraction of sp³-hybridized carbons (Fsp3) is 0.459. The van der Waals surface area contributed by atoms with Crippen LogP contribution in [0.15, 0.2) is 206 Å². The molecule has 0 aromatic heterocycles. The summed E-state index contributed by atoms with van der Waals surface area (Å²) in [7, 11) is 17.5.